The van der Waals surface area contributed by atoms with Crippen molar-refractivity contribution in [2.45, 2.75) is 45.9 Å². The summed E-state index contributed by atoms with van der Waals surface area (Å²) >= 11 is 11.9. The Morgan fingerprint density at radius 2 is 1.46 bits per heavy atom. The molecule has 1 fully saturated rings. The number of halogens is 2. The van der Waals surface area contributed by atoms with Gasteiger partial charge in [-0.3, -0.25) is 0 Å². The highest BCUT2D eigenvalue weighted by Gasteiger charge is 2.21. The van der Waals surface area contributed by atoms with Gasteiger partial charge in [0.05, 0.1) is 17.2 Å². The highest BCUT2D eigenvalue weighted by atomic mass is 35.5. The first-order valence-corrected chi connectivity index (χ1v) is 11.8. The van der Waals surface area contributed by atoms with Crippen molar-refractivity contribution in [3.8, 4) is 17.2 Å². The fourth-order valence-corrected chi connectivity index (χ4v) is 3.94. The summed E-state index contributed by atoms with van der Waals surface area (Å²) in [6, 6.07) is 12.7. The van der Waals surface area contributed by atoms with Crippen LogP contribution in [0.2, 0.25) is 10.0 Å². The van der Waals surface area contributed by atoms with Crippen LogP contribution in [0.25, 0.3) is 0 Å². The van der Waals surface area contributed by atoms with Gasteiger partial charge < -0.3 is 34.6 Å². The molecule has 1 aliphatic heterocycles. The number of piperidine rings is 1. The van der Waals surface area contributed by atoms with E-state index in [9.17, 15) is 10.2 Å². The van der Waals surface area contributed by atoms with Gasteiger partial charge >= 0.3 is 0 Å². The van der Waals surface area contributed by atoms with Crippen LogP contribution in [0.5, 0.6) is 17.2 Å². The number of β-amino-alcohol motifs (C(OH)–C–C–N with tert-alkyl or cyclic N) is 1. The average Bonchev–Trinajstić information content (AvgIpc) is 2.83. The van der Waals surface area contributed by atoms with Gasteiger partial charge in [-0.2, -0.15) is 0 Å². The maximum atomic E-state index is 10.3. The molecule has 198 valence electrons. The number of benzene rings is 2. The number of nitrogens with zero attached hydrogens (tertiary/aromatic N) is 1. The third-order valence-corrected chi connectivity index (χ3v) is 6.27. The smallest absolute Gasteiger partial charge is 0.121 e. The molecule has 2 aromatic carbocycles. The van der Waals surface area contributed by atoms with E-state index >= 15 is 0 Å². The lowest BCUT2D eigenvalue weighted by Gasteiger charge is -2.33. The number of likely N-dealkylation sites (tertiary alicyclic amines) is 1. The quantitative estimate of drug-likeness (QED) is 0.372. The minimum atomic E-state index is -0.596. The Hall–Kier alpha value is -1.74. The van der Waals surface area contributed by atoms with E-state index in [1.165, 1.54) is 0 Å². The molecule has 9 heteroatoms. The topological polar surface area (TPSA) is 83.4 Å². The fraction of sp³-hybridized carbons (Fsp3) is 0.538. The third-order valence-electron chi connectivity index (χ3n) is 5.53. The molecular weight excluding hydrogens is 491 g/mol. The number of methoxy groups -OCH3 is 1. The van der Waals surface area contributed by atoms with Gasteiger partial charge in [-0.15, -0.1) is 0 Å². The minimum absolute atomic E-state index is 0. The van der Waals surface area contributed by atoms with Gasteiger partial charge in [0.25, 0.3) is 0 Å². The van der Waals surface area contributed by atoms with E-state index in [-0.39, 0.29) is 28.1 Å². The zero-order chi connectivity index (χ0) is 23.6. The van der Waals surface area contributed by atoms with E-state index < -0.39 is 12.2 Å². The van der Waals surface area contributed by atoms with Gasteiger partial charge in [0.1, 0.15) is 42.7 Å². The number of rotatable bonds is 12. The molecule has 7 nitrogen and oxygen atoms in total. The van der Waals surface area contributed by atoms with Crippen molar-refractivity contribution in [2.24, 2.45) is 0 Å². The third kappa shape index (κ3) is 10.8. The van der Waals surface area contributed by atoms with Crippen molar-refractivity contribution in [1.29, 1.82) is 0 Å². The molecule has 2 aromatic rings. The molecule has 0 radical (unpaired) electrons. The van der Waals surface area contributed by atoms with Crippen molar-refractivity contribution in [3.05, 3.63) is 52.5 Å². The normalized spacial score (nSPS) is 15.9. The van der Waals surface area contributed by atoms with E-state index in [2.05, 4.69) is 10.2 Å². The molecule has 0 aromatic heterocycles. The predicted molar refractivity (Wildman–Crippen MR) is 143 cm³/mol. The van der Waals surface area contributed by atoms with Gasteiger partial charge in [0.15, 0.2) is 0 Å². The maximum Gasteiger partial charge on any atom is 0.121 e. The molecule has 2 atom stereocenters. The van der Waals surface area contributed by atoms with E-state index in [0.717, 1.165) is 31.7 Å². The molecule has 1 saturated heterocycles. The highest BCUT2D eigenvalue weighted by molar-refractivity contribution is 6.42. The van der Waals surface area contributed by atoms with Crippen molar-refractivity contribution in [3.63, 3.8) is 0 Å². The molecule has 3 N–H and O–H groups in total. The summed E-state index contributed by atoms with van der Waals surface area (Å²) in [4.78, 5) is 2.23. The van der Waals surface area contributed by atoms with Crippen LogP contribution in [0.1, 0.15) is 27.7 Å². The lowest BCUT2D eigenvalue weighted by molar-refractivity contribution is 0.0556. The molecule has 0 aliphatic carbocycles. The maximum absolute atomic E-state index is 10.3. The fourth-order valence-electron chi connectivity index (χ4n) is 3.66. The van der Waals surface area contributed by atoms with E-state index in [4.69, 9.17) is 37.4 Å². The number of aliphatic hydroxyl groups is 2. The summed E-state index contributed by atoms with van der Waals surface area (Å²) in [5.41, 5.74) is 0. The van der Waals surface area contributed by atoms with Crippen molar-refractivity contribution in [2.75, 3.05) is 46.5 Å². The lowest BCUT2D eigenvalue weighted by Crippen LogP contribution is -2.47. The lowest BCUT2D eigenvalue weighted by atomic mass is 10.0. The SMILES string of the molecule is C.C.COc1ccc(OC[C@H](O)CNC2CCN(C[C@@H](O)COc3ccc(Cl)c(Cl)c3)CC2)cc1. The summed E-state index contributed by atoms with van der Waals surface area (Å²) in [6.07, 6.45) is 0.713. The molecule has 0 unspecified atom stereocenters. The predicted octanol–water partition coefficient (Wildman–Crippen LogP) is 4.51. The van der Waals surface area contributed by atoms with E-state index in [1.807, 2.05) is 24.3 Å². The number of hydrogen-bond acceptors (Lipinski definition) is 7. The second kappa shape index (κ2) is 16.1. The van der Waals surface area contributed by atoms with Crippen molar-refractivity contribution < 1.29 is 24.4 Å². The van der Waals surface area contributed by atoms with Gasteiger partial charge in [-0.25, -0.2) is 0 Å². The van der Waals surface area contributed by atoms with Gasteiger partial charge in [0, 0.05) is 25.2 Å². The summed E-state index contributed by atoms with van der Waals surface area (Å²) in [5, 5.41) is 24.8. The van der Waals surface area contributed by atoms with E-state index in [1.54, 1.807) is 25.3 Å². The standard InChI is InChI=1S/C24H32Cl2N2O5.2CH4/c1-31-20-2-4-21(5-3-20)32-15-18(29)13-27-17-8-10-28(11-9-17)14-19(30)16-33-22-6-7-23(25)24(26)12-22;;/h2-7,12,17-19,27,29-30H,8-11,13-16H2,1H3;2*1H4/t18-,19-;;/m1../s1. The molecule has 0 bridgehead atoms. The number of hydrogen-bond donors (Lipinski definition) is 3. The molecule has 0 spiro atoms. The first-order chi connectivity index (χ1) is 15.9. The Morgan fingerprint density at radius 3 is 2.09 bits per heavy atom. The Labute approximate surface area is 219 Å². The molecule has 0 saturated carbocycles. The first kappa shape index (κ1) is 31.3. The molecular formula is C26H40Cl2N2O5. The molecule has 3 rings (SSSR count). The average molecular weight is 532 g/mol. The summed E-state index contributed by atoms with van der Waals surface area (Å²) in [6.45, 7) is 3.19. The Morgan fingerprint density at radius 1 is 0.886 bits per heavy atom. The summed E-state index contributed by atoms with van der Waals surface area (Å²) in [5.74, 6) is 2.05. The van der Waals surface area contributed by atoms with Crippen LogP contribution in [0.4, 0.5) is 0 Å². The Bertz CT molecular complexity index is 848. The monoisotopic (exact) mass is 530 g/mol. The van der Waals surface area contributed by atoms with Crippen LogP contribution in [-0.2, 0) is 0 Å². The van der Waals surface area contributed by atoms with Crippen LogP contribution in [0.15, 0.2) is 42.5 Å². The molecule has 0 amide bonds. The van der Waals surface area contributed by atoms with Crippen LogP contribution in [0.3, 0.4) is 0 Å². The minimum Gasteiger partial charge on any atom is -0.497 e. The molecule has 1 heterocycles. The van der Waals surface area contributed by atoms with Crippen LogP contribution in [-0.4, -0.2) is 79.9 Å². The number of ether oxygens (including phenoxy) is 3. The van der Waals surface area contributed by atoms with Gasteiger partial charge in [-0.05, 0) is 62.3 Å². The zero-order valence-electron chi connectivity index (χ0n) is 18.8. The molecule has 1 aliphatic rings. The second-order valence-electron chi connectivity index (χ2n) is 8.16. The van der Waals surface area contributed by atoms with Crippen LogP contribution >= 0.6 is 23.2 Å². The Balaban J connectivity index is 0.00000306. The van der Waals surface area contributed by atoms with Crippen molar-refractivity contribution >= 4 is 23.2 Å². The largest absolute Gasteiger partial charge is 0.497 e. The highest BCUT2D eigenvalue weighted by Crippen LogP contribution is 2.26. The number of aliphatic hydroxyl groups excluding tert-OH is 2. The second-order valence-corrected chi connectivity index (χ2v) is 8.98. The Kier molecular flexibility index (Phi) is 14.4. The zero-order valence-corrected chi connectivity index (χ0v) is 20.3. The molecule has 35 heavy (non-hydrogen) atoms. The van der Waals surface area contributed by atoms with Crippen LogP contribution < -0.4 is 19.5 Å². The summed E-state index contributed by atoms with van der Waals surface area (Å²) < 4.78 is 16.4. The van der Waals surface area contributed by atoms with Crippen LogP contribution in [0, 0.1) is 0 Å². The van der Waals surface area contributed by atoms with Gasteiger partial charge in [-0.1, -0.05) is 38.1 Å². The first-order valence-electron chi connectivity index (χ1n) is 11.1. The van der Waals surface area contributed by atoms with Crippen molar-refractivity contribution in [1.82, 2.24) is 10.2 Å². The summed E-state index contributed by atoms with van der Waals surface area (Å²) in [7, 11) is 1.62. The number of nitrogens with one attached hydrogen (secondary N) is 1. The van der Waals surface area contributed by atoms with Gasteiger partial charge in [0.2, 0.25) is 0 Å². The van der Waals surface area contributed by atoms with E-state index in [0.29, 0.717) is 40.7 Å².